The molecule has 1 N–H and O–H groups in total. The van der Waals surface area contributed by atoms with Crippen LogP contribution in [0.3, 0.4) is 0 Å². The maximum Gasteiger partial charge on any atom is 0.173 e. The molecule has 0 fully saturated rings. The molecular weight excluding hydrogens is 140 g/mol. The van der Waals surface area contributed by atoms with Crippen LogP contribution in [-0.2, 0) is 0 Å². The normalized spacial score (nSPS) is 14.1. The number of fused-ring (bicyclic) bond motifs is 1. The molecule has 2 heterocycles. The first kappa shape index (κ1) is 6.15. The molecule has 0 unspecified atom stereocenters. The maximum absolute atomic E-state index is 4.15. The first-order chi connectivity index (χ1) is 5.38. The fraction of sp³-hybridized carbons (Fsp3) is 0.143. The molecule has 1 aliphatic rings. The molecule has 0 spiro atoms. The molecule has 0 saturated carbocycles. The van der Waals surface area contributed by atoms with Crippen molar-refractivity contribution >= 4 is 17.8 Å². The topological polar surface area (TPSA) is 40.5 Å². The third-order valence-corrected chi connectivity index (χ3v) is 1.54. The molecule has 1 aromatic rings. The van der Waals surface area contributed by atoms with Crippen molar-refractivity contribution in [1.29, 1.82) is 0 Å². The van der Waals surface area contributed by atoms with Crippen LogP contribution < -0.4 is 10.4 Å². The Labute approximate surface area is 64.6 Å². The van der Waals surface area contributed by atoms with Crippen molar-refractivity contribution in [3.8, 4) is 0 Å². The molecule has 56 valence electrons. The first-order valence-corrected chi connectivity index (χ1v) is 3.35. The van der Waals surface area contributed by atoms with E-state index in [9.17, 15) is 0 Å². The molecule has 0 radical (unpaired) electrons. The number of hydrazine groups is 1. The number of anilines is 1. The fourth-order valence-corrected chi connectivity index (χ4v) is 0.994. The van der Waals surface area contributed by atoms with E-state index in [1.807, 2.05) is 24.2 Å². The van der Waals surface area contributed by atoms with Crippen molar-refractivity contribution in [3.63, 3.8) is 0 Å². The molecule has 0 atom stereocenters. The summed E-state index contributed by atoms with van der Waals surface area (Å²) in [5, 5.41) is 1.82. The molecule has 2 rings (SSSR count). The van der Waals surface area contributed by atoms with E-state index < -0.39 is 0 Å². The van der Waals surface area contributed by atoms with Crippen LogP contribution >= 0.6 is 0 Å². The lowest BCUT2D eigenvalue weighted by molar-refractivity contribution is 0.857. The van der Waals surface area contributed by atoms with Crippen LogP contribution in [0.2, 0.25) is 0 Å². The second kappa shape index (κ2) is 2.23. The van der Waals surface area contributed by atoms with Gasteiger partial charge in [0.15, 0.2) is 5.82 Å². The molecule has 4 heteroatoms. The van der Waals surface area contributed by atoms with Crippen LogP contribution in [0.5, 0.6) is 0 Å². The van der Waals surface area contributed by atoms with Crippen molar-refractivity contribution in [2.75, 3.05) is 12.1 Å². The molecule has 1 aromatic heterocycles. The van der Waals surface area contributed by atoms with E-state index in [-0.39, 0.29) is 0 Å². The van der Waals surface area contributed by atoms with E-state index in [2.05, 4.69) is 15.4 Å². The first-order valence-electron chi connectivity index (χ1n) is 3.35. The summed E-state index contributed by atoms with van der Waals surface area (Å²) in [5.74, 6) is 0.856. The number of rotatable bonds is 0. The second-order valence-electron chi connectivity index (χ2n) is 2.29. The molecule has 1 aliphatic heterocycles. The predicted octanol–water partition coefficient (Wildman–Crippen LogP) is 0.696. The van der Waals surface area contributed by atoms with Gasteiger partial charge in [-0.15, -0.1) is 0 Å². The van der Waals surface area contributed by atoms with Crippen LogP contribution in [0.25, 0.3) is 0 Å². The van der Waals surface area contributed by atoms with Crippen molar-refractivity contribution in [1.82, 2.24) is 10.4 Å². The molecule has 0 amide bonds. The number of aromatic nitrogens is 1. The lowest BCUT2D eigenvalue weighted by atomic mass is 10.4. The van der Waals surface area contributed by atoms with Crippen molar-refractivity contribution in [2.45, 2.75) is 0 Å². The number of hydrogen-bond acceptors (Lipinski definition) is 4. The third kappa shape index (κ3) is 0.920. The number of aliphatic imine (C=N–C) groups is 1. The third-order valence-electron chi connectivity index (χ3n) is 1.54. The van der Waals surface area contributed by atoms with E-state index in [0.29, 0.717) is 0 Å². The van der Waals surface area contributed by atoms with Gasteiger partial charge in [-0.1, -0.05) is 0 Å². The molecular formula is C7H8N4. The van der Waals surface area contributed by atoms with Gasteiger partial charge in [-0.3, -0.25) is 10.4 Å². The lowest BCUT2D eigenvalue weighted by Crippen LogP contribution is -2.35. The smallest absolute Gasteiger partial charge is 0.173 e. The summed E-state index contributed by atoms with van der Waals surface area (Å²) in [6.07, 6.45) is 3.39. The van der Waals surface area contributed by atoms with E-state index in [1.165, 1.54) is 0 Å². The van der Waals surface area contributed by atoms with Crippen LogP contribution in [0, 0.1) is 0 Å². The molecule has 4 nitrogen and oxygen atoms in total. The highest BCUT2D eigenvalue weighted by Gasteiger charge is 2.08. The van der Waals surface area contributed by atoms with Gasteiger partial charge in [0, 0.05) is 13.2 Å². The van der Waals surface area contributed by atoms with Gasteiger partial charge >= 0.3 is 0 Å². The summed E-state index contributed by atoms with van der Waals surface area (Å²) in [6.45, 7) is 0. The Kier molecular flexibility index (Phi) is 1.25. The van der Waals surface area contributed by atoms with E-state index in [0.717, 1.165) is 11.5 Å². The molecule has 0 bridgehead atoms. The maximum atomic E-state index is 4.15. The summed E-state index contributed by atoms with van der Waals surface area (Å²) >= 11 is 0. The quantitative estimate of drug-likeness (QED) is 0.588. The zero-order valence-corrected chi connectivity index (χ0v) is 6.15. The van der Waals surface area contributed by atoms with Crippen molar-refractivity contribution in [2.24, 2.45) is 4.99 Å². The highest BCUT2D eigenvalue weighted by atomic mass is 15.5. The van der Waals surface area contributed by atoms with E-state index in [1.54, 1.807) is 12.5 Å². The highest BCUT2D eigenvalue weighted by Crippen LogP contribution is 2.24. The van der Waals surface area contributed by atoms with Gasteiger partial charge in [0.2, 0.25) is 0 Å². The Hall–Kier alpha value is -1.58. The van der Waals surface area contributed by atoms with Gasteiger partial charge in [-0.05, 0) is 12.1 Å². The van der Waals surface area contributed by atoms with Gasteiger partial charge in [0.05, 0.1) is 0 Å². The molecule has 0 aromatic carbocycles. The zero-order chi connectivity index (χ0) is 7.68. The summed E-state index contributed by atoms with van der Waals surface area (Å²) in [4.78, 5) is 8.25. The standard InChI is InChI=1S/C7H8N4/c1-11-7-6(9-5-10-11)3-2-4-8-7/h2-5H,1H3,(H,9,10). The monoisotopic (exact) mass is 148 g/mol. The Morgan fingerprint density at radius 3 is 3.27 bits per heavy atom. The lowest BCUT2D eigenvalue weighted by Gasteiger charge is -2.21. The zero-order valence-electron chi connectivity index (χ0n) is 6.15. The Morgan fingerprint density at radius 1 is 1.55 bits per heavy atom. The average molecular weight is 148 g/mol. The largest absolute Gasteiger partial charge is 0.287 e. The summed E-state index contributed by atoms with van der Waals surface area (Å²) in [7, 11) is 1.90. The average Bonchev–Trinajstić information content (AvgIpc) is 2.06. The molecule has 0 aliphatic carbocycles. The highest BCUT2D eigenvalue weighted by molar-refractivity contribution is 5.74. The van der Waals surface area contributed by atoms with Gasteiger partial charge in [0.25, 0.3) is 0 Å². The predicted molar refractivity (Wildman–Crippen MR) is 43.9 cm³/mol. The van der Waals surface area contributed by atoms with Gasteiger partial charge < -0.3 is 0 Å². The number of nitrogens with zero attached hydrogens (tertiary/aromatic N) is 3. The van der Waals surface area contributed by atoms with Crippen molar-refractivity contribution in [3.05, 3.63) is 18.3 Å². The minimum absolute atomic E-state index is 0.856. The van der Waals surface area contributed by atoms with Crippen LogP contribution in [0.1, 0.15) is 0 Å². The van der Waals surface area contributed by atoms with Gasteiger partial charge in [-0.2, -0.15) is 0 Å². The molecule has 0 saturated heterocycles. The molecule has 11 heavy (non-hydrogen) atoms. The number of nitrogens with one attached hydrogen (secondary N) is 1. The van der Waals surface area contributed by atoms with E-state index in [4.69, 9.17) is 0 Å². The number of hydrogen-bond donors (Lipinski definition) is 1. The summed E-state index contributed by atoms with van der Waals surface area (Å²) in [5.41, 5.74) is 3.81. The Balaban J connectivity index is 2.54. The summed E-state index contributed by atoms with van der Waals surface area (Å²) in [6, 6.07) is 3.80. The van der Waals surface area contributed by atoms with Crippen LogP contribution in [0.15, 0.2) is 23.3 Å². The van der Waals surface area contributed by atoms with Gasteiger partial charge in [-0.25, -0.2) is 9.98 Å². The minimum Gasteiger partial charge on any atom is -0.287 e. The van der Waals surface area contributed by atoms with Crippen LogP contribution in [-0.4, -0.2) is 18.4 Å². The van der Waals surface area contributed by atoms with E-state index >= 15 is 0 Å². The second-order valence-corrected chi connectivity index (χ2v) is 2.29. The number of pyridine rings is 1. The minimum atomic E-state index is 0.856. The SMILES string of the molecule is CN1NC=Nc2cccnc21. The van der Waals surface area contributed by atoms with Gasteiger partial charge in [0.1, 0.15) is 12.0 Å². The Morgan fingerprint density at radius 2 is 2.45 bits per heavy atom. The van der Waals surface area contributed by atoms with Crippen molar-refractivity contribution < 1.29 is 0 Å². The Bertz CT molecular complexity index is 294. The fourth-order valence-electron chi connectivity index (χ4n) is 0.994. The van der Waals surface area contributed by atoms with Crippen LogP contribution in [0.4, 0.5) is 11.5 Å². The summed E-state index contributed by atoms with van der Waals surface area (Å²) < 4.78 is 0.